The Bertz CT molecular complexity index is 1480. The van der Waals surface area contributed by atoms with Crippen LogP contribution in [-0.2, 0) is 6.54 Å². The molecule has 0 radical (unpaired) electrons. The fraction of sp³-hybridized carbons (Fsp3) is 0.371. The van der Waals surface area contributed by atoms with E-state index in [1.54, 1.807) is 12.1 Å². The summed E-state index contributed by atoms with van der Waals surface area (Å²) < 4.78 is 0. The molecule has 2 aliphatic heterocycles. The molecule has 0 bridgehead atoms. The van der Waals surface area contributed by atoms with Crippen molar-refractivity contribution >= 4 is 16.8 Å². The zero-order chi connectivity index (χ0) is 28.2. The number of amides is 1. The molecule has 41 heavy (non-hydrogen) atoms. The van der Waals surface area contributed by atoms with Gasteiger partial charge >= 0.3 is 0 Å². The molecular weight excluding hydrogens is 508 g/mol. The van der Waals surface area contributed by atoms with Gasteiger partial charge in [0.15, 0.2) is 0 Å². The fourth-order valence-electron chi connectivity index (χ4n) is 6.58. The van der Waals surface area contributed by atoms with E-state index in [1.807, 2.05) is 61.5 Å². The lowest BCUT2D eigenvalue weighted by molar-refractivity contribution is 0.0884. The molecule has 6 heteroatoms. The second-order valence-corrected chi connectivity index (χ2v) is 11.6. The molecule has 6 nitrogen and oxygen atoms in total. The zero-order valence-electron chi connectivity index (χ0n) is 23.9. The fourth-order valence-corrected chi connectivity index (χ4v) is 6.58. The molecular formula is C35H40N4O2. The van der Waals surface area contributed by atoms with E-state index in [-0.39, 0.29) is 17.7 Å². The van der Waals surface area contributed by atoms with Crippen molar-refractivity contribution in [3.63, 3.8) is 0 Å². The second kappa shape index (κ2) is 12.4. The number of phenolic OH excluding ortho intramolecular Hbond substituents is 1. The van der Waals surface area contributed by atoms with Gasteiger partial charge in [-0.05, 0) is 76.5 Å². The lowest BCUT2D eigenvalue weighted by Crippen LogP contribution is -2.46. The van der Waals surface area contributed by atoms with Gasteiger partial charge in [0.2, 0.25) is 0 Å². The van der Waals surface area contributed by atoms with Crippen molar-refractivity contribution in [1.82, 2.24) is 20.1 Å². The number of piperidine rings is 2. The monoisotopic (exact) mass is 548 g/mol. The van der Waals surface area contributed by atoms with Crippen molar-refractivity contribution in [1.29, 1.82) is 0 Å². The summed E-state index contributed by atoms with van der Waals surface area (Å²) in [5.41, 5.74) is 5.05. The first-order valence-electron chi connectivity index (χ1n) is 15.1. The van der Waals surface area contributed by atoms with Crippen LogP contribution in [0.4, 0.5) is 0 Å². The molecule has 1 atom stereocenters. The van der Waals surface area contributed by atoms with Crippen LogP contribution in [0.1, 0.15) is 66.6 Å². The Hall–Kier alpha value is -3.74. The van der Waals surface area contributed by atoms with Crippen molar-refractivity contribution in [3.05, 3.63) is 95.6 Å². The number of pyridine rings is 1. The number of benzene rings is 3. The van der Waals surface area contributed by atoms with Crippen molar-refractivity contribution in [3.8, 4) is 17.0 Å². The number of fused-ring (bicyclic) bond motifs is 1. The molecule has 2 saturated heterocycles. The van der Waals surface area contributed by atoms with E-state index < -0.39 is 0 Å². The summed E-state index contributed by atoms with van der Waals surface area (Å²) in [5, 5.41) is 14.4. The quantitative estimate of drug-likeness (QED) is 0.274. The lowest BCUT2D eigenvalue weighted by Gasteiger charge is -2.40. The maximum Gasteiger partial charge on any atom is 0.252 e. The smallest absolute Gasteiger partial charge is 0.252 e. The second-order valence-electron chi connectivity index (χ2n) is 11.6. The van der Waals surface area contributed by atoms with Crippen LogP contribution in [0.3, 0.4) is 0 Å². The first-order valence-corrected chi connectivity index (χ1v) is 15.1. The lowest BCUT2D eigenvalue weighted by atomic mass is 9.93. The minimum Gasteiger partial charge on any atom is -0.508 e. The van der Waals surface area contributed by atoms with Gasteiger partial charge < -0.3 is 15.3 Å². The summed E-state index contributed by atoms with van der Waals surface area (Å²) in [6.45, 7) is 7.15. The van der Waals surface area contributed by atoms with Gasteiger partial charge in [-0.15, -0.1) is 0 Å². The predicted molar refractivity (Wildman–Crippen MR) is 165 cm³/mol. The standard InChI is InChI=1S/C35H40N4O2/c1-25(26-11-5-2-6-12-26)36-35(41)33-30-16-15-29(40)23-32(30)37-34(27-13-7-3-8-14-27)31(33)24-38-21-17-28(18-22-38)39-19-9-4-10-20-39/h2-3,5-8,11-16,23,25,28,40H,4,9-10,17-22,24H2,1H3,(H,36,41)/t25-/m1/s1. The van der Waals surface area contributed by atoms with E-state index in [0.717, 1.165) is 53.7 Å². The highest BCUT2D eigenvalue weighted by Gasteiger charge is 2.29. The number of phenols is 1. The normalized spacial score (nSPS) is 17.9. The highest BCUT2D eigenvalue weighted by Crippen LogP contribution is 2.34. The van der Waals surface area contributed by atoms with Gasteiger partial charge in [0.25, 0.3) is 5.91 Å². The molecule has 0 unspecified atom stereocenters. The highest BCUT2D eigenvalue weighted by atomic mass is 16.3. The Morgan fingerprint density at radius 1 is 0.927 bits per heavy atom. The third-order valence-corrected chi connectivity index (χ3v) is 8.84. The molecule has 2 fully saturated rings. The van der Waals surface area contributed by atoms with Crippen LogP contribution >= 0.6 is 0 Å². The average molecular weight is 549 g/mol. The van der Waals surface area contributed by atoms with Crippen LogP contribution in [-0.4, -0.2) is 58.0 Å². The number of nitrogens with zero attached hydrogens (tertiary/aromatic N) is 3. The molecule has 212 valence electrons. The van der Waals surface area contributed by atoms with Crippen molar-refractivity contribution in [2.45, 2.75) is 57.7 Å². The summed E-state index contributed by atoms with van der Waals surface area (Å²) in [5.74, 6) is 0.0235. The highest BCUT2D eigenvalue weighted by molar-refractivity contribution is 6.09. The SMILES string of the molecule is C[C@@H](NC(=O)c1c(CN2CCC(N3CCCCC3)CC2)c(-c2ccccc2)nc2cc(O)ccc12)c1ccccc1. The minimum absolute atomic E-state index is 0.116. The third-order valence-electron chi connectivity index (χ3n) is 8.84. The number of nitrogens with one attached hydrogen (secondary N) is 1. The average Bonchev–Trinajstić information content (AvgIpc) is 3.02. The molecule has 6 rings (SSSR count). The number of carbonyl (C=O) groups is 1. The van der Waals surface area contributed by atoms with E-state index in [1.165, 1.54) is 32.4 Å². The van der Waals surface area contributed by atoms with Gasteiger partial charge in [-0.1, -0.05) is 67.1 Å². The Morgan fingerprint density at radius 3 is 2.32 bits per heavy atom. The Morgan fingerprint density at radius 2 is 1.61 bits per heavy atom. The molecule has 2 N–H and O–H groups in total. The zero-order valence-corrected chi connectivity index (χ0v) is 23.9. The van der Waals surface area contributed by atoms with E-state index in [2.05, 4.69) is 27.2 Å². The number of hydrogen-bond donors (Lipinski definition) is 2. The van der Waals surface area contributed by atoms with Crippen LogP contribution in [0.5, 0.6) is 5.75 Å². The van der Waals surface area contributed by atoms with Crippen molar-refractivity contribution in [2.75, 3.05) is 26.2 Å². The molecule has 1 aromatic heterocycles. The Kier molecular flexibility index (Phi) is 8.31. The third kappa shape index (κ3) is 6.14. The van der Waals surface area contributed by atoms with Crippen molar-refractivity contribution < 1.29 is 9.90 Å². The first kappa shape index (κ1) is 27.4. The predicted octanol–water partition coefficient (Wildman–Crippen LogP) is 6.55. The topological polar surface area (TPSA) is 68.7 Å². The van der Waals surface area contributed by atoms with Gasteiger partial charge in [0.1, 0.15) is 5.75 Å². The Labute approximate surface area is 243 Å². The number of carbonyl (C=O) groups excluding carboxylic acids is 1. The first-order chi connectivity index (χ1) is 20.1. The molecule has 1 amide bonds. The van der Waals surface area contributed by atoms with Gasteiger partial charge in [0.05, 0.1) is 22.8 Å². The molecule has 2 aliphatic rings. The van der Waals surface area contributed by atoms with Crippen molar-refractivity contribution in [2.24, 2.45) is 0 Å². The summed E-state index contributed by atoms with van der Waals surface area (Å²) in [6, 6.07) is 25.8. The van der Waals surface area contributed by atoms with Crippen LogP contribution < -0.4 is 5.32 Å². The maximum absolute atomic E-state index is 14.2. The molecule has 0 aliphatic carbocycles. The van der Waals surface area contributed by atoms with Crippen LogP contribution in [0.25, 0.3) is 22.2 Å². The molecule has 0 saturated carbocycles. The molecule has 3 heterocycles. The van der Waals surface area contributed by atoms with E-state index in [9.17, 15) is 9.90 Å². The van der Waals surface area contributed by atoms with Crippen LogP contribution in [0.15, 0.2) is 78.9 Å². The van der Waals surface area contributed by atoms with Gasteiger partial charge in [-0.2, -0.15) is 0 Å². The van der Waals surface area contributed by atoms with E-state index in [4.69, 9.17) is 4.98 Å². The summed E-state index contributed by atoms with van der Waals surface area (Å²) in [6.07, 6.45) is 6.31. The van der Waals surface area contributed by atoms with Crippen LogP contribution in [0, 0.1) is 0 Å². The van der Waals surface area contributed by atoms with Gasteiger partial charge in [-0.25, -0.2) is 4.98 Å². The maximum atomic E-state index is 14.2. The number of likely N-dealkylation sites (tertiary alicyclic amines) is 2. The summed E-state index contributed by atoms with van der Waals surface area (Å²) >= 11 is 0. The number of rotatable bonds is 7. The largest absolute Gasteiger partial charge is 0.508 e. The summed E-state index contributed by atoms with van der Waals surface area (Å²) in [4.78, 5) is 24.5. The molecule has 0 spiro atoms. The van der Waals surface area contributed by atoms with Gasteiger partial charge in [-0.3, -0.25) is 9.69 Å². The summed E-state index contributed by atoms with van der Waals surface area (Å²) in [7, 11) is 0. The van der Waals surface area contributed by atoms with E-state index >= 15 is 0 Å². The number of aromatic nitrogens is 1. The van der Waals surface area contributed by atoms with Crippen LogP contribution in [0.2, 0.25) is 0 Å². The minimum atomic E-state index is -0.155. The van der Waals surface area contributed by atoms with E-state index in [0.29, 0.717) is 23.7 Å². The number of hydrogen-bond acceptors (Lipinski definition) is 5. The number of aromatic hydroxyl groups is 1. The molecule has 4 aromatic rings. The Balaban J connectivity index is 1.38. The molecule has 3 aromatic carbocycles. The van der Waals surface area contributed by atoms with Gasteiger partial charge in [0, 0.05) is 35.2 Å².